The average molecular weight is 321 g/mol. The van der Waals surface area contributed by atoms with Crippen LogP contribution < -0.4 is 10.1 Å². The van der Waals surface area contributed by atoms with Crippen molar-refractivity contribution in [3.8, 4) is 5.75 Å². The number of hydrogen-bond acceptors (Lipinski definition) is 3. The number of carbonyl (C=O) groups excluding carboxylic acids is 1. The Hall–Kier alpha value is -1.88. The first-order chi connectivity index (χ1) is 9.20. The second-order valence-electron chi connectivity index (χ2n) is 3.91. The van der Waals surface area contributed by atoms with Crippen LogP contribution in [0.5, 0.6) is 5.75 Å². The third-order valence-electron chi connectivity index (χ3n) is 2.54. The first-order valence-corrected chi connectivity index (χ1v) is 6.51. The molecule has 0 aliphatic heterocycles. The maximum Gasteiger partial charge on any atom is 0.228 e. The Bertz CT molecular complexity index is 573. The van der Waals surface area contributed by atoms with Crippen LogP contribution >= 0.6 is 15.9 Å². The van der Waals surface area contributed by atoms with E-state index in [-0.39, 0.29) is 12.3 Å². The van der Waals surface area contributed by atoms with Crippen molar-refractivity contribution in [2.75, 3.05) is 12.4 Å². The second kappa shape index (κ2) is 6.33. The van der Waals surface area contributed by atoms with E-state index in [9.17, 15) is 4.79 Å². The fraction of sp³-hybridized carbons (Fsp3) is 0.143. The Morgan fingerprint density at radius 1 is 1.37 bits per heavy atom. The standard InChI is InChI=1S/C14H13BrN2O2/c1-19-12-6-2-5-11(14(12)15)17-13(18)8-10-4-3-7-16-9-10/h2-7,9H,8H2,1H3,(H,17,18). The molecule has 1 heterocycles. The van der Waals surface area contributed by atoms with E-state index in [2.05, 4.69) is 26.2 Å². The van der Waals surface area contributed by atoms with Crippen LogP contribution in [0.2, 0.25) is 0 Å². The summed E-state index contributed by atoms with van der Waals surface area (Å²) < 4.78 is 5.91. The predicted molar refractivity (Wildman–Crippen MR) is 77.3 cm³/mol. The molecule has 5 heteroatoms. The van der Waals surface area contributed by atoms with Crippen LogP contribution in [0.3, 0.4) is 0 Å². The van der Waals surface area contributed by atoms with Gasteiger partial charge in [-0.3, -0.25) is 9.78 Å². The van der Waals surface area contributed by atoms with Gasteiger partial charge in [0.25, 0.3) is 0 Å². The van der Waals surface area contributed by atoms with E-state index in [1.165, 1.54) is 0 Å². The molecule has 2 rings (SSSR count). The number of anilines is 1. The van der Waals surface area contributed by atoms with E-state index >= 15 is 0 Å². The summed E-state index contributed by atoms with van der Waals surface area (Å²) in [5, 5.41) is 2.84. The van der Waals surface area contributed by atoms with Crippen LogP contribution in [0.1, 0.15) is 5.56 Å². The number of rotatable bonds is 4. The zero-order valence-corrected chi connectivity index (χ0v) is 12.0. The Morgan fingerprint density at radius 3 is 2.89 bits per heavy atom. The van der Waals surface area contributed by atoms with Crippen molar-refractivity contribution in [2.24, 2.45) is 0 Å². The van der Waals surface area contributed by atoms with Gasteiger partial charge >= 0.3 is 0 Å². The monoisotopic (exact) mass is 320 g/mol. The van der Waals surface area contributed by atoms with Gasteiger partial charge in [-0.25, -0.2) is 0 Å². The number of aromatic nitrogens is 1. The van der Waals surface area contributed by atoms with Gasteiger partial charge in [-0.1, -0.05) is 12.1 Å². The second-order valence-corrected chi connectivity index (χ2v) is 4.70. The minimum atomic E-state index is -0.0954. The van der Waals surface area contributed by atoms with E-state index in [0.717, 1.165) is 10.0 Å². The molecule has 0 aliphatic rings. The molecule has 0 spiro atoms. The van der Waals surface area contributed by atoms with Gasteiger partial charge in [0.1, 0.15) is 5.75 Å². The van der Waals surface area contributed by atoms with Gasteiger partial charge in [0.2, 0.25) is 5.91 Å². The molecular formula is C14H13BrN2O2. The predicted octanol–water partition coefficient (Wildman–Crippen LogP) is 3.03. The zero-order chi connectivity index (χ0) is 13.7. The summed E-state index contributed by atoms with van der Waals surface area (Å²) in [5.41, 5.74) is 1.56. The number of nitrogens with one attached hydrogen (secondary N) is 1. The fourth-order valence-corrected chi connectivity index (χ4v) is 2.17. The Morgan fingerprint density at radius 2 is 2.21 bits per heavy atom. The van der Waals surface area contributed by atoms with Crippen molar-refractivity contribution < 1.29 is 9.53 Å². The van der Waals surface area contributed by atoms with Crippen molar-refractivity contribution in [3.63, 3.8) is 0 Å². The molecule has 0 unspecified atom stereocenters. The highest BCUT2D eigenvalue weighted by atomic mass is 79.9. The minimum Gasteiger partial charge on any atom is -0.495 e. The molecule has 19 heavy (non-hydrogen) atoms. The van der Waals surface area contributed by atoms with Crippen molar-refractivity contribution in [1.82, 2.24) is 4.98 Å². The van der Waals surface area contributed by atoms with Crippen molar-refractivity contribution >= 4 is 27.5 Å². The van der Waals surface area contributed by atoms with Crippen LogP contribution in [-0.4, -0.2) is 18.0 Å². The molecule has 0 aliphatic carbocycles. The fourth-order valence-electron chi connectivity index (χ4n) is 1.65. The van der Waals surface area contributed by atoms with Crippen LogP contribution in [0, 0.1) is 0 Å². The third-order valence-corrected chi connectivity index (χ3v) is 3.36. The van der Waals surface area contributed by atoms with Crippen LogP contribution in [0.4, 0.5) is 5.69 Å². The van der Waals surface area contributed by atoms with E-state index in [0.29, 0.717) is 11.4 Å². The lowest BCUT2D eigenvalue weighted by molar-refractivity contribution is -0.115. The first-order valence-electron chi connectivity index (χ1n) is 5.72. The maximum absolute atomic E-state index is 11.9. The van der Waals surface area contributed by atoms with Gasteiger partial charge in [-0.15, -0.1) is 0 Å². The minimum absolute atomic E-state index is 0.0954. The molecule has 2 aromatic rings. The molecule has 0 bridgehead atoms. The summed E-state index contributed by atoms with van der Waals surface area (Å²) in [6.45, 7) is 0. The number of pyridine rings is 1. The lowest BCUT2D eigenvalue weighted by Crippen LogP contribution is -2.14. The summed E-state index contributed by atoms with van der Waals surface area (Å²) in [4.78, 5) is 15.9. The van der Waals surface area contributed by atoms with Gasteiger partial charge in [0.15, 0.2) is 0 Å². The Labute approximate surface area is 119 Å². The van der Waals surface area contributed by atoms with Gasteiger partial charge < -0.3 is 10.1 Å². The molecule has 1 amide bonds. The Balaban J connectivity index is 2.07. The number of halogens is 1. The van der Waals surface area contributed by atoms with Gasteiger partial charge in [-0.05, 0) is 39.7 Å². The number of methoxy groups -OCH3 is 1. The molecule has 0 saturated carbocycles. The van der Waals surface area contributed by atoms with Crippen LogP contribution in [-0.2, 0) is 11.2 Å². The number of ether oxygens (including phenoxy) is 1. The smallest absolute Gasteiger partial charge is 0.228 e. The molecule has 0 saturated heterocycles. The van der Waals surface area contributed by atoms with Gasteiger partial charge in [0, 0.05) is 12.4 Å². The molecule has 4 nitrogen and oxygen atoms in total. The largest absolute Gasteiger partial charge is 0.495 e. The third kappa shape index (κ3) is 3.54. The molecular weight excluding hydrogens is 308 g/mol. The van der Waals surface area contributed by atoms with Gasteiger partial charge in [-0.2, -0.15) is 0 Å². The molecule has 0 fully saturated rings. The van der Waals surface area contributed by atoms with E-state index in [1.54, 1.807) is 19.5 Å². The molecule has 0 atom stereocenters. The molecule has 98 valence electrons. The summed E-state index contributed by atoms with van der Waals surface area (Å²) in [6.07, 6.45) is 3.65. The normalized spacial score (nSPS) is 10.0. The molecule has 0 radical (unpaired) electrons. The number of amides is 1. The van der Waals surface area contributed by atoms with E-state index < -0.39 is 0 Å². The number of nitrogens with zero attached hydrogens (tertiary/aromatic N) is 1. The SMILES string of the molecule is COc1cccc(NC(=O)Cc2cccnc2)c1Br. The highest BCUT2D eigenvalue weighted by molar-refractivity contribution is 9.10. The quantitative estimate of drug-likeness (QED) is 0.942. The van der Waals surface area contributed by atoms with Gasteiger partial charge in [0.05, 0.1) is 23.7 Å². The molecule has 1 aromatic carbocycles. The number of hydrogen-bond donors (Lipinski definition) is 1. The molecule has 1 aromatic heterocycles. The number of carbonyl (C=O) groups is 1. The highest BCUT2D eigenvalue weighted by Gasteiger charge is 2.09. The summed E-state index contributed by atoms with van der Waals surface area (Å²) in [7, 11) is 1.58. The Kier molecular flexibility index (Phi) is 4.52. The maximum atomic E-state index is 11.9. The molecule has 1 N–H and O–H groups in total. The highest BCUT2D eigenvalue weighted by Crippen LogP contribution is 2.32. The van der Waals surface area contributed by atoms with Crippen molar-refractivity contribution in [2.45, 2.75) is 6.42 Å². The number of benzene rings is 1. The zero-order valence-electron chi connectivity index (χ0n) is 10.4. The van der Waals surface area contributed by atoms with E-state index in [4.69, 9.17) is 4.74 Å². The summed E-state index contributed by atoms with van der Waals surface area (Å²) in [6, 6.07) is 9.13. The topological polar surface area (TPSA) is 51.2 Å². The van der Waals surface area contributed by atoms with E-state index in [1.807, 2.05) is 30.3 Å². The summed E-state index contributed by atoms with van der Waals surface area (Å²) in [5.74, 6) is 0.584. The first kappa shape index (κ1) is 13.5. The average Bonchev–Trinajstić information content (AvgIpc) is 2.42. The van der Waals surface area contributed by atoms with Crippen molar-refractivity contribution in [3.05, 3.63) is 52.8 Å². The van der Waals surface area contributed by atoms with Crippen LogP contribution in [0.15, 0.2) is 47.2 Å². The lowest BCUT2D eigenvalue weighted by atomic mass is 10.2. The lowest BCUT2D eigenvalue weighted by Gasteiger charge is -2.10. The van der Waals surface area contributed by atoms with Crippen molar-refractivity contribution in [1.29, 1.82) is 0 Å². The van der Waals surface area contributed by atoms with Crippen LogP contribution in [0.25, 0.3) is 0 Å². The summed E-state index contributed by atoms with van der Waals surface area (Å²) >= 11 is 3.40.